The Bertz CT molecular complexity index is 1160. The number of sulfone groups is 1. The van der Waals surface area contributed by atoms with Gasteiger partial charge in [0, 0.05) is 12.2 Å². The van der Waals surface area contributed by atoms with Crippen molar-refractivity contribution in [3.63, 3.8) is 0 Å². The first-order valence-corrected chi connectivity index (χ1v) is 12.4. The molecule has 31 heavy (non-hydrogen) atoms. The fraction of sp³-hybridized carbons (Fsp3) is 0.333. The molecule has 0 unspecified atom stereocenters. The second-order valence-corrected chi connectivity index (χ2v) is 10.6. The molecule has 4 rings (SSSR count). The second-order valence-electron chi connectivity index (χ2n) is 7.60. The first-order chi connectivity index (χ1) is 14.7. The average molecular weight is 463 g/mol. The van der Waals surface area contributed by atoms with E-state index in [-0.39, 0.29) is 11.5 Å². The Morgan fingerprint density at radius 1 is 1.16 bits per heavy atom. The topological polar surface area (TPSA) is 126 Å². The van der Waals surface area contributed by atoms with Crippen molar-refractivity contribution in [3.8, 4) is 5.75 Å². The number of fused-ring (bicyclic) bond motifs is 1. The van der Waals surface area contributed by atoms with Gasteiger partial charge in [-0.25, -0.2) is 13.4 Å². The average Bonchev–Trinajstić information content (AvgIpc) is 3.29. The van der Waals surface area contributed by atoms with E-state index in [0.29, 0.717) is 17.2 Å². The highest BCUT2D eigenvalue weighted by Crippen LogP contribution is 2.29. The summed E-state index contributed by atoms with van der Waals surface area (Å²) < 4.78 is 29.6. The monoisotopic (exact) mass is 462 g/mol. The Hall–Kier alpha value is -2.53. The Kier molecular flexibility index (Phi) is 5.98. The minimum atomic E-state index is -3.29. The summed E-state index contributed by atoms with van der Waals surface area (Å²) in [6.07, 6.45) is -0.724. The van der Waals surface area contributed by atoms with Crippen LogP contribution in [0, 0.1) is 5.92 Å². The lowest BCUT2D eigenvalue weighted by Gasteiger charge is -2.18. The van der Waals surface area contributed by atoms with E-state index in [0.717, 1.165) is 16.5 Å². The van der Waals surface area contributed by atoms with Crippen LogP contribution in [-0.2, 0) is 9.84 Å². The summed E-state index contributed by atoms with van der Waals surface area (Å²) in [7, 11) is -3.29. The van der Waals surface area contributed by atoms with Crippen molar-refractivity contribution in [2.24, 2.45) is 5.92 Å². The second kappa shape index (κ2) is 8.54. The smallest absolute Gasteiger partial charge is 0.280 e. The SMILES string of the molecule is CS(=O)(=O)c1ccc(OC[C@H]2C[C@@H](NC(=O)c3nc4ccccc4s3)[C@H](O)[C@@H]2O)cc1. The lowest BCUT2D eigenvalue weighted by Crippen LogP contribution is -2.43. The predicted octanol–water partition coefficient (Wildman–Crippen LogP) is 1.62. The van der Waals surface area contributed by atoms with Gasteiger partial charge in [-0.1, -0.05) is 12.1 Å². The number of ether oxygens (including phenoxy) is 1. The van der Waals surface area contributed by atoms with Crippen LogP contribution in [0.2, 0.25) is 0 Å². The van der Waals surface area contributed by atoms with Gasteiger partial charge in [-0.15, -0.1) is 11.3 Å². The number of thiazole rings is 1. The first kappa shape index (κ1) is 21.7. The summed E-state index contributed by atoms with van der Waals surface area (Å²) in [6, 6.07) is 12.8. The lowest BCUT2D eigenvalue weighted by atomic mass is 10.1. The van der Waals surface area contributed by atoms with Crippen LogP contribution in [-0.4, -0.2) is 60.6 Å². The molecule has 3 N–H and O–H groups in total. The molecule has 4 atom stereocenters. The molecule has 164 valence electrons. The van der Waals surface area contributed by atoms with E-state index in [1.165, 1.54) is 23.5 Å². The van der Waals surface area contributed by atoms with Crippen LogP contribution in [0.15, 0.2) is 53.4 Å². The summed E-state index contributed by atoms with van der Waals surface area (Å²) >= 11 is 1.27. The van der Waals surface area contributed by atoms with Crippen LogP contribution in [0.25, 0.3) is 10.2 Å². The third-order valence-electron chi connectivity index (χ3n) is 5.32. The zero-order valence-corrected chi connectivity index (χ0v) is 18.3. The van der Waals surface area contributed by atoms with Gasteiger partial charge in [0.15, 0.2) is 14.8 Å². The zero-order chi connectivity index (χ0) is 22.2. The maximum absolute atomic E-state index is 12.6. The molecule has 8 nitrogen and oxygen atoms in total. The van der Waals surface area contributed by atoms with E-state index >= 15 is 0 Å². The molecular weight excluding hydrogens is 440 g/mol. The highest BCUT2D eigenvalue weighted by atomic mass is 32.2. The highest BCUT2D eigenvalue weighted by molar-refractivity contribution is 7.90. The van der Waals surface area contributed by atoms with E-state index in [4.69, 9.17) is 4.74 Å². The zero-order valence-electron chi connectivity index (χ0n) is 16.6. The number of aliphatic hydroxyl groups excluding tert-OH is 2. The van der Waals surface area contributed by atoms with Crippen molar-refractivity contribution in [2.45, 2.75) is 29.6 Å². The minimum Gasteiger partial charge on any atom is -0.493 e. The third kappa shape index (κ3) is 4.72. The number of nitrogens with one attached hydrogen (secondary N) is 1. The van der Waals surface area contributed by atoms with Gasteiger partial charge < -0.3 is 20.3 Å². The number of carbonyl (C=O) groups is 1. The molecule has 2 aromatic carbocycles. The highest BCUT2D eigenvalue weighted by Gasteiger charge is 2.42. The van der Waals surface area contributed by atoms with Crippen LogP contribution in [0.4, 0.5) is 0 Å². The molecule has 0 aliphatic heterocycles. The standard InChI is InChI=1S/C21H22N2O6S2/c1-31(27,28)14-8-6-13(7-9-14)29-11-12-10-16(19(25)18(12)24)22-20(26)21-23-15-4-2-3-5-17(15)30-21/h2-9,12,16,18-19,24-25H,10-11H2,1H3,(H,22,26)/t12-,16-,18-,19+/m1/s1. The number of nitrogens with zero attached hydrogens (tertiary/aromatic N) is 1. The van der Waals surface area contributed by atoms with Gasteiger partial charge in [0.05, 0.1) is 33.9 Å². The van der Waals surface area contributed by atoms with Crippen LogP contribution in [0.3, 0.4) is 0 Å². The molecule has 3 aromatic rings. The number of aliphatic hydroxyl groups is 2. The van der Waals surface area contributed by atoms with Crippen molar-refractivity contribution in [1.82, 2.24) is 10.3 Å². The number of hydrogen-bond acceptors (Lipinski definition) is 8. The molecule has 1 saturated carbocycles. The molecule has 10 heteroatoms. The molecule has 0 spiro atoms. The largest absolute Gasteiger partial charge is 0.493 e. The van der Waals surface area contributed by atoms with Crippen molar-refractivity contribution in [1.29, 1.82) is 0 Å². The lowest BCUT2D eigenvalue weighted by molar-refractivity contribution is 0.00252. The number of hydrogen-bond donors (Lipinski definition) is 3. The molecule has 1 heterocycles. The van der Waals surface area contributed by atoms with E-state index in [1.807, 2.05) is 24.3 Å². The molecule has 1 aliphatic carbocycles. The Morgan fingerprint density at radius 3 is 2.55 bits per heavy atom. The van der Waals surface area contributed by atoms with Gasteiger partial charge in [0.2, 0.25) is 0 Å². The molecular formula is C21H22N2O6S2. The van der Waals surface area contributed by atoms with Crippen molar-refractivity contribution >= 4 is 37.3 Å². The minimum absolute atomic E-state index is 0.115. The fourth-order valence-electron chi connectivity index (χ4n) is 3.62. The van der Waals surface area contributed by atoms with Gasteiger partial charge in [0.25, 0.3) is 5.91 Å². The quantitative estimate of drug-likeness (QED) is 0.508. The maximum Gasteiger partial charge on any atom is 0.280 e. The molecule has 0 radical (unpaired) electrons. The van der Waals surface area contributed by atoms with Crippen molar-refractivity contribution in [2.75, 3.05) is 12.9 Å². The van der Waals surface area contributed by atoms with E-state index in [9.17, 15) is 23.4 Å². The fourth-order valence-corrected chi connectivity index (χ4v) is 5.12. The molecule has 0 bridgehead atoms. The van der Waals surface area contributed by atoms with Gasteiger partial charge in [-0.2, -0.15) is 0 Å². The predicted molar refractivity (Wildman–Crippen MR) is 116 cm³/mol. The Labute approximate surface area is 183 Å². The molecule has 1 amide bonds. The molecule has 0 saturated heterocycles. The molecule has 1 aromatic heterocycles. The van der Waals surface area contributed by atoms with E-state index in [2.05, 4.69) is 10.3 Å². The number of amides is 1. The van der Waals surface area contributed by atoms with Crippen LogP contribution >= 0.6 is 11.3 Å². The number of aromatic nitrogens is 1. The molecule has 1 aliphatic rings. The maximum atomic E-state index is 12.6. The molecule has 1 fully saturated rings. The summed E-state index contributed by atoms with van der Waals surface area (Å²) in [5, 5.41) is 23.8. The van der Waals surface area contributed by atoms with Crippen molar-refractivity contribution in [3.05, 3.63) is 53.5 Å². The van der Waals surface area contributed by atoms with E-state index in [1.54, 1.807) is 12.1 Å². The van der Waals surface area contributed by atoms with Gasteiger partial charge in [-0.3, -0.25) is 4.79 Å². The summed E-state index contributed by atoms with van der Waals surface area (Å²) in [5.41, 5.74) is 0.734. The van der Waals surface area contributed by atoms with Gasteiger partial charge in [-0.05, 0) is 42.8 Å². The first-order valence-electron chi connectivity index (χ1n) is 9.68. The Morgan fingerprint density at radius 2 is 1.87 bits per heavy atom. The summed E-state index contributed by atoms with van der Waals surface area (Å²) in [4.78, 5) is 17.1. The van der Waals surface area contributed by atoms with E-state index < -0.39 is 39.9 Å². The summed E-state index contributed by atoms with van der Waals surface area (Å²) in [5.74, 6) is -0.336. The number of rotatable bonds is 6. The van der Waals surface area contributed by atoms with Crippen LogP contribution in [0.1, 0.15) is 16.2 Å². The van der Waals surface area contributed by atoms with Crippen LogP contribution < -0.4 is 10.1 Å². The number of carbonyl (C=O) groups excluding carboxylic acids is 1. The van der Waals surface area contributed by atoms with Gasteiger partial charge >= 0.3 is 0 Å². The summed E-state index contributed by atoms with van der Waals surface area (Å²) in [6.45, 7) is 0.115. The third-order valence-corrected chi connectivity index (χ3v) is 7.49. The number of benzene rings is 2. The van der Waals surface area contributed by atoms with Gasteiger partial charge in [0.1, 0.15) is 11.9 Å². The Balaban J connectivity index is 1.36. The van der Waals surface area contributed by atoms with Crippen LogP contribution in [0.5, 0.6) is 5.75 Å². The van der Waals surface area contributed by atoms with Crippen molar-refractivity contribution < 1.29 is 28.2 Å². The normalized spacial score (nSPS) is 23.7. The number of para-hydroxylation sites is 1.